The zero-order valence-corrected chi connectivity index (χ0v) is 14.0. The summed E-state index contributed by atoms with van der Waals surface area (Å²) in [5, 5.41) is 13.1. The minimum absolute atomic E-state index is 0.152. The van der Waals surface area contributed by atoms with E-state index in [1.165, 1.54) is 0 Å². The molecule has 1 aromatic carbocycles. The standard InChI is InChI=1S/C19H20N4O2/c20-10-15-11-21-23(12-15)17-13-22(14-17)18(24)19(6-8-25-9-7-19)16-4-2-1-3-5-16/h1-5,11-12,17H,6-9,13-14H2. The van der Waals surface area contributed by atoms with Crippen LogP contribution >= 0.6 is 0 Å². The predicted molar refractivity (Wildman–Crippen MR) is 90.7 cm³/mol. The minimum atomic E-state index is -0.480. The fourth-order valence-electron chi connectivity index (χ4n) is 3.79. The van der Waals surface area contributed by atoms with Gasteiger partial charge in [0, 0.05) is 32.5 Å². The number of carbonyl (C=O) groups is 1. The Hall–Kier alpha value is -2.65. The van der Waals surface area contributed by atoms with E-state index in [1.807, 2.05) is 35.2 Å². The lowest BCUT2D eigenvalue weighted by molar-refractivity contribution is -0.147. The van der Waals surface area contributed by atoms with Crippen LogP contribution in [0, 0.1) is 11.3 Å². The van der Waals surface area contributed by atoms with E-state index in [0.717, 1.165) is 18.4 Å². The average molecular weight is 336 g/mol. The highest BCUT2D eigenvalue weighted by molar-refractivity contribution is 5.89. The smallest absolute Gasteiger partial charge is 0.233 e. The fourth-order valence-corrected chi connectivity index (χ4v) is 3.79. The molecule has 0 aliphatic carbocycles. The lowest BCUT2D eigenvalue weighted by Crippen LogP contribution is -2.58. The molecule has 0 atom stereocenters. The number of hydrogen-bond acceptors (Lipinski definition) is 4. The van der Waals surface area contributed by atoms with Gasteiger partial charge in [-0.1, -0.05) is 30.3 Å². The molecular weight excluding hydrogens is 316 g/mol. The number of rotatable bonds is 3. The number of hydrogen-bond donors (Lipinski definition) is 0. The summed E-state index contributed by atoms with van der Waals surface area (Å²) < 4.78 is 7.31. The highest BCUT2D eigenvalue weighted by atomic mass is 16.5. The molecule has 0 saturated carbocycles. The second-order valence-corrected chi connectivity index (χ2v) is 6.75. The van der Waals surface area contributed by atoms with Crippen molar-refractivity contribution in [2.24, 2.45) is 0 Å². The Morgan fingerprint density at radius 3 is 2.60 bits per heavy atom. The van der Waals surface area contributed by atoms with Gasteiger partial charge in [-0.05, 0) is 18.4 Å². The summed E-state index contributed by atoms with van der Waals surface area (Å²) in [6.45, 7) is 2.51. The molecule has 0 bridgehead atoms. The van der Waals surface area contributed by atoms with E-state index in [2.05, 4.69) is 11.2 Å². The van der Waals surface area contributed by atoms with Crippen molar-refractivity contribution in [3.8, 4) is 6.07 Å². The summed E-state index contributed by atoms with van der Waals surface area (Å²) in [6, 6.07) is 12.3. The molecule has 6 heteroatoms. The van der Waals surface area contributed by atoms with E-state index in [0.29, 0.717) is 31.9 Å². The van der Waals surface area contributed by atoms with Gasteiger partial charge >= 0.3 is 0 Å². The van der Waals surface area contributed by atoms with Gasteiger partial charge in [-0.25, -0.2) is 0 Å². The maximum Gasteiger partial charge on any atom is 0.233 e. The van der Waals surface area contributed by atoms with Crippen molar-refractivity contribution in [3.63, 3.8) is 0 Å². The number of aromatic nitrogens is 2. The van der Waals surface area contributed by atoms with Gasteiger partial charge in [-0.2, -0.15) is 10.4 Å². The summed E-state index contributed by atoms with van der Waals surface area (Å²) in [5.74, 6) is 0.186. The van der Waals surface area contributed by atoms with Crippen molar-refractivity contribution in [2.75, 3.05) is 26.3 Å². The first-order valence-corrected chi connectivity index (χ1v) is 8.60. The van der Waals surface area contributed by atoms with Crippen LogP contribution in [0.4, 0.5) is 0 Å². The van der Waals surface area contributed by atoms with Crippen LogP contribution in [0.2, 0.25) is 0 Å². The fraction of sp³-hybridized carbons (Fsp3) is 0.421. The molecule has 1 amide bonds. The number of nitrogens with zero attached hydrogens (tertiary/aromatic N) is 4. The van der Waals surface area contributed by atoms with Gasteiger partial charge in [0.2, 0.25) is 5.91 Å². The number of nitriles is 1. The lowest BCUT2D eigenvalue weighted by Gasteiger charge is -2.46. The Labute approximate surface area is 146 Å². The number of ether oxygens (including phenoxy) is 1. The molecule has 0 N–H and O–H groups in total. The van der Waals surface area contributed by atoms with Crippen LogP contribution in [0.25, 0.3) is 0 Å². The Bertz CT molecular complexity index is 796. The summed E-state index contributed by atoms with van der Waals surface area (Å²) in [7, 11) is 0. The number of carbonyl (C=O) groups excluding carboxylic acids is 1. The monoisotopic (exact) mass is 336 g/mol. The predicted octanol–water partition coefficient (Wildman–Crippen LogP) is 1.89. The van der Waals surface area contributed by atoms with Crippen LogP contribution in [0.1, 0.15) is 30.0 Å². The van der Waals surface area contributed by atoms with Crippen LogP contribution in [-0.4, -0.2) is 46.9 Å². The van der Waals surface area contributed by atoms with Gasteiger partial charge < -0.3 is 9.64 Å². The van der Waals surface area contributed by atoms with E-state index in [1.54, 1.807) is 17.1 Å². The normalized spacial score (nSPS) is 19.9. The summed E-state index contributed by atoms with van der Waals surface area (Å²) in [6.07, 6.45) is 4.75. The highest BCUT2D eigenvalue weighted by Crippen LogP contribution is 2.38. The van der Waals surface area contributed by atoms with Crippen molar-refractivity contribution in [1.82, 2.24) is 14.7 Å². The molecule has 25 heavy (non-hydrogen) atoms. The molecule has 0 radical (unpaired) electrons. The molecule has 1 aromatic heterocycles. The summed E-state index contributed by atoms with van der Waals surface area (Å²) in [5.41, 5.74) is 1.15. The lowest BCUT2D eigenvalue weighted by atomic mass is 9.72. The zero-order chi connectivity index (χ0) is 17.3. The Morgan fingerprint density at radius 1 is 1.24 bits per heavy atom. The third kappa shape index (κ3) is 2.71. The Balaban J connectivity index is 1.52. The molecule has 2 saturated heterocycles. The van der Waals surface area contributed by atoms with E-state index < -0.39 is 5.41 Å². The summed E-state index contributed by atoms with van der Waals surface area (Å²) in [4.78, 5) is 15.2. The number of benzene rings is 1. The third-order valence-electron chi connectivity index (χ3n) is 5.34. The van der Waals surface area contributed by atoms with Crippen molar-refractivity contribution in [3.05, 3.63) is 53.9 Å². The molecule has 2 aliphatic heterocycles. The van der Waals surface area contributed by atoms with Gasteiger partial charge in [-0.3, -0.25) is 9.48 Å². The second-order valence-electron chi connectivity index (χ2n) is 6.75. The SMILES string of the molecule is N#Cc1cnn(C2CN(C(=O)C3(c4ccccc4)CCOCC3)C2)c1. The topological polar surface area (TPSA) is 71.2 Å². The quantitative estimate of drug-likeness (QED) is 0.858. The van der Waals surface area contributed by atoms with Crippen molar-refractivity contribution in [1.29, 1.82) is 5.26 Å². The molecule has 0 spiro atoms. The minimum Gasteiger partial charge on any atom is -0.381 e. The van der Waals surface area contributed by atoms with Crippen molar-refractivity contribution >= 4 is 5.91 Å². The molecule has 0 unspecified atom stereocenters. The molecule has 2 fully saturated rings. The molecule has 2 aliphatic rings. The van der Waals surface area contributed by atoms with Crippen LogP contribution in [0.5, 0.6) is 0 Å². The Kier molecular flexibility index (Phi) is 4.02. The first-order valence-electron chi connectivity index (χ1n) is 8.60. The van der Waals surface area contributed by atoms with Crippen LogP contribution < -0.4 is 0 Å². The summed E-state index contributed by atoms with van der Waals surface area (Å²) >= 11 is 0. The molecule has 6 nitrogen and oxygen atoms in total. The molecule has 4 rings (SSSR count). The van der Waals surface area contributed by atoms with E-state index in [4.69, 9.17) is 10.00 Å². The maximum atomic E-state index is 13.3. The van der Waals surface area contributed by atoms with Crippen LogP contribution in [-0.2, 0) is 14.9 Å². The van der Waals surface area contributed by atoms with E-state index in [9.17, 15) is 4.79 Å². The third-order valence-corrected chi connectivity index (χ3v) is 5.34. The Morgan fingerprint density at radius 2 is 1.96 bits per heavy atom. The largest absolute Gasteiger partial charge is 0.381 e. The maximum absolute atomic E-state index is 13.3. The first kappa shape index (κ1) is 15.9. The van der Waals surface area contributed by atoms with Crippen molar-refractivity contribution < 1.29 is 9.53 Å². The number of likely N-dealkylation sites (tertiary alicyclic amines) is 1. The van der Waals surface area contributed by atoms with Gasteiger partial charge in [0.25, 0.3) is 0 Å². The number of amides is 1. The van der Waals surface area contributed by atoms with Gasteiger partial charge in [0.05, 0.1) is 23.2 Å². The molecule has 2 aromatic rings. The van der Waals surface area contributed by atoms with Crippen molar-refractivity contribution in [2.45, 2.75) is 24.3 Å². The van der Waals surface area contributed by atoms with Crippen LogP contribution in [0.3, 0.4) is 0 Å². The second kappa shape index (κ2) is 6.34. The first-order chi connectivity index (χ1) is 12.2. The molecule has 128 valence electrons. The molecule has 3 heterocycles. The van der Waals surface area contributed by atoms with E-state index in [-0.39, 0.29) is 11.9 Å². The molecular formula is C19H20N4O2. The zero-order valence-electron chi connectivity index (χ0n) is 14.0. The van der Waals surface area contributed by atoms with Crippen LogP contribution in [0.15, 0.2) is 42.7 Å². The van der Waals surface area contributed by atoms with Gasteiger partial charge in [0.1, 0.15) is 6.07 Å². The van der Waals surface area contributed by atoms with Gasteiger partial charge in [0.15, 0.2) is 0 Å². The average Bonchev–Trinajstić information content (AvgIpc) is 3.10. The van der Waals surface area contributed by atoms with E-state index >= 15 is 0 Å². The van der Waals surface area contributed by atoms with Gasteiger partial charge in [-0.15, -0.1) is 0 Å². The highest BCUT2D eigenvalue weighted by Gasteiger charge is 2.47.